The van der Waals surface area contributed by atoms with E-state index in [0.29, 0.717) is 27.9 Å². The second-order valence-electron chi connectivity index (χ2n) is 13.6. The highest BCUT2D eigenvalue weighted by molar-refractivity contribution is 6.58. The lowest BCUT2D eigenvalue weighted by Crippen LogP contribution is -2.30. The van der Waals surface area contributed by atoms with Crippen LogP contribution in [0, 0.1) is 11.8 Å². The number of nitrogens with zero attached hydrogens (tertiary/aromatic N) is 2. The molecule has 0 atom stereocenters. The van der Waals surface area contributed by atoms with Gasteiger partial charge in [0, 0.05) is 18.1 Å². The summed E-state index contributed by atoms with van der Waals surface area (Å²) in [6, 6.07) is 12.6. The number of carbonyl (C=O) groups excluding carboxylic acids is 2. The maximum Gasteiger partial charge on any atom is 0.488 e. The highest BCUT2D eigenvalue weighted by atomic mass is 16.4. The predicted molar refractivity (Wildman–Crippen MR) is 191 cm³/mol. The lowest BCUT2D eigenvalue weighted by molar-refractivity contribution is 0.0920. The minimum absolute atomic E-state index is 0.0339. The first-order chi connectivity index (χ1) is 23.1. The Kier molecular flexibility index (Phi) is 11.4. The number of carbonyl (C=O) groups is 2. The van der Waals surface area contributed by atoms with Crippen molar-refractivity contribution in [3.63, 3.8) is 0 Å². The van der Waals surface area contributed by atoms with Crippen LogP contribution in [0.25, 0.3) is 11.0 Å². The topological polar surface area (TPSA) is 167 Å². The molecule has 49 heavy (non-hydrogen) atoms. The van der Waals surface area contributed by atoms with Gasteiger partial charge in [0.05, 0.1) is 17.8 Å². The number of hydrogen-bond acceptors (Lipinski definition) is 9. The first-order valence-electron chi connectivity index (χ1n) is 16.0. The zero-order valence-electron chi connectivity index (χ0n) is 28.8. The van der Waals surface area contributed by atoms with E-state index >= 15 is 0 Å². The Morgan fingerprint density at radius 3 is 2.06 bits per heavy atom. The molecule has 0 aliphatic heterocycles. The summed E-state index contributed by atoms with van der Waals surface area (Å²) in [5.41, 5.74) is 6.80. The average Bonchev–Trinajstić information content (AvgIpc) is 3.50. The Labute approximate surface area is 285 Å². The van der Waals surface area contributed by atoms with Crippen LogP contribution in [0.2, 0.25) is 0 Å². The number of unbranched alkanes of at least 4 members (excludes halogenated alkanes) is 2. The summed E-state index contributed by atoms with van der Waals surface area (Å²) < 4.78 is 11.5. The molecule has 0 saturated carbocycles. The van der Waals surface area contributed by atoms with Crippen LogP contribution in [0.1, 0.15) is 117 Å². The van der Waals surface area contributed by atoms with Gasteiger partial charge >= 0.3 is 18.9 Å². The molecule has 0 bridgehead atoms. The van der Waals surface area contributed by atoms with Gasteiger partial charge in [0.25, 0.3) is 0 Å². The quantitative estimate of drug-likeness (QED) is 0.0660. The van der Waals surface area contributed by atoms with Crippen molar-refractivity contribution in [2.24, 2.45) is 10.2 Å². The molecule has 4 rings (SSSR count). The molecule has 0 fully saturated rings. The molecule has 0 aliphatic rings. The summed E-state index contributed by atoms with van der Waals surface area (Å²) in [6.45, 7) is 14.3. The van der Waals surface area contributed by atoms with E-state index in [-0.39, 0.29) is 33.2 Å². The van der Waals surface area contributed by atoms with Crippen LogP contribution in [-0.4, -0.2) is 41.4 Å². The molecule has 4 N–H and O–H groups in total. The van der Waals surface area contributed by atoms with Gasteiger partial charge in [0.15, 0.2) is 22.7 Å². The van der Waals surface area contributed by atoms with Gasteiger partial charge in [-0.05, 0) is 69.6 Å². The molecule has 2 aromatic heterocycles. The standard InChI is InChI=1S/C37H41BN4O7/c1-8-9-10-11-12-27-13-14-31(48-27)34(44)41-39-21-23-15-24(17-26(16-23)38(46)47)22-40-42-35(45)32-20-30(43)28-18-25(36(2,3)4)19-29(33(28)49-32)37(5,6)7/h13-22,46-47H,8-10H2,1-7H3,(H,41,44)(H,42,45)/b39-21+,40-22+. The number of furan rings is 1. The monoisotopic (exact) mass is 664 g/mol. The minimum Gasteiger partial charge on any atom is -0.450 e. The maximum absolute atomic E-state index is 13.2. The first-order valence-corrected chi connectivity index (χ1v) is 16.0. The van der Waals surface area contributed by atoms with Crippen LogP contribution in [0.4, 0.5) is 0 Å². The number of hydrazone groups is 2. The molecule has 0 unspecified atom stereocenters. The van der Waals surface area contributed by atoms with Crippen LogP contribution < -0.4 is 21.7 Å². The van der Waals surface area contributed by atoms with Crippen molar-refractivity contribution in [1.82, 2.24) is 10.9 Å². The van der Waals surface area contributed by atoms with Gasteiger partial charge in [-0.1, -0.05) is 79.0 Å². The predicted octanol–water partition coefficient (Wildman–Crippen LogP) is 4.73. The number of rotatable bonds is 9. The molecule has 0 saturated heterocycles. The maximum atomic E-state index is 13.2. The van der Waals surface area contributed by atoms with Crippen molar-refractivity contribution in [3.05, 3.63) is 98.3 Å². The highest BCUT2D eigenvalue weighted by Gasteiger charge is 2.26. The van der Waals surface area contributed by atoms with Crippen LogP contribution in [0.5, 0.6) is 0 Å². The van der Waals surface area contributed by atoms with Crippen molar-refractivity contribution in [2.75, 3.05) is 0 Å². The van der Waals surface area contributed by atoms with Gasteiger partial charge in [-0.3, -0.25) is 14.4 Å². The van der Waals surface area contributed by atoms with Gasteiger partial charge in [0.2, 0.25) is 0 Å². The molecule has 0 radical (unpaired) electrons. The fourth-order valence-electron chi connectivity index (χ4n) is 4.74. The molecule has 4 aromatic rings. The second kappa shape index (κ2) is 15.3. The number of hydrogen-bond donors (Lipinski definition) is 4. The number of nitrogens with one attached hydrogen (secondary N) is 2. The van der Waals surface area contributed by atoms with Gasteiger partial charge in [-0.2, -0.15) is 10.2 Å². The number of fused-ring (bicyclic) bond motifs is 1. The van der Waals surface area contributed by atoms with Gasteiger partial charge in [0.1, 0.15) is 5.58 Å². The molecule has 2 aromatic carbocycles. The Balaban J connectivity index is 1.50. The van der Waals surface area contributed by atoms with E-state index in [4.69, 9.17) is 8.83 Å². The average molecular weight is 665 g/mol. The Hall–Kier alpha value is -5.25. The SMILES string of the molecule is CCCCC#Cc1ccc(C(=O)N/N=C/c2cc(/C=N/NC(=O)c3cc(=O)c4cc(C(C)(C)C)cc(C(C)(C)C)c4o3)cc(B(O)O)c2)o1. The number of amides is 2. The number of benzene rings is 2. The Morgan fingerprint density at radius 1 is 0.857 bits per heavy atom. The van der Waals surface area contributed by atoms with Crippen molar-refractivity contribution >= 4 is 47.8 Å². The largest absolute Gasteiger partial charge is 0.488 e. The molecular weight excluding hydrogens is 623 g/mol. The van der Waals surface area contributed by atoms with Crippen molar-refractivity contribution < 1.29 is 28.5 Å². The smallest absolute Gasteiger partial charge is 0.450 e. The van der Waals surface area contributed by atoms with Crippen LogP contribution >= 0.6 is 0 Å². The highest BCUT2D eigenvalue weighted by Crippen LogP contribution is 2.34. The van der Waals surface area contributed by atoms with Crippen molar-refractivity contribution in [3.8, 4) is 11.8 Å². The zero-order chi connectivity index (χ0) is 35.9. The summed E-state index contributed by atoms with van der Waals surface area (Å²) >= 11 is 0. The van der Waals surface area contributed by atoms with Crippen LogP contribution in [-0.2, 0) is 10.8 Å². The van der Waals surface area contributed by atoms with Gasteiger partial charge < -0.3 is 18.9 Å². The summed E-state index contributed by atoms with van der Waals surface area (Å²) in [6.07, 6.45) is 5.34. The van der Waals surface area contributed by atoms with E-state index in [0.717, 1.165) is 36.5 Å². The molecular formula is C37H41BN4O7. The lowest BCUT2D eigenvalue weighted by Gasteiger charge is -2.26. The van der Waals surface area contributed by atoms with Crippen molar-refractivity contribution in [1.29, 1.82) is 0 Å². The van der Waals surface area contributed by atoms with Gasteiger partial charge in [-0.15, -0.1) is 0 Å². The van der Waals surface area contributed by atoms with Crippen molar-refractivity contribution in [2.45, 2.75) is 78.6 Å². The Morgan fingerprint density at radius 2 is 1.49 bits per heavy atom. The molecule has 2 amide bonds. The van der Waals surface area contributed by atoms with E-state index in [1.807, 2.05) is 32.9 Å². The summed E-state index contributed by atoms with van der Waals surface area (Å²) in [5.74, 6) is 4.73. The van der Waals surface area contributed by atoms with Crippen LogP contribution in [0.3, 0.4) is 0 Å². The van der Waals surface area contributed by atoms with E-state index in [2.05, 4.69) is 60.6 Å². The van der Waals surface area contributed by atoms with E-state index in [9.17, 15) is 24.4 Å². The normalized spacial score (nSPS) is 11.9. The lowest BCUT2D eigenvalue weighted by atomic mass is 9.79. The molecule has 254 valence electrons. The second-order valence-corrected chi connectivity index (χ2v) is 13.6. The van der Waals surface area contributed by atoms with Gasteiger partial charge in [-0.25, -0.2) is 10.9 Å². The fraction of sp³-hybridized carbons (Fsp3) is 0.324. The Bertz CT molecular complexity index is 2030. The summed E-state index contributed by atoms with van der Waals surface area (Å²) in [7, 11) is -1.81. The fourth-order valence-corrected chi connectivity index (χ4v) is 4.74. The molecule has 0 spiro atoms. The third-order valence-electron chi connectivity index (χ3n) is 7.48. The third kappa shape index (κ3) is 9.66. The minimum atomic E-state index is -1.81. The third-order valence-corrected chi connectivity index (χ3v) is 7.48. The summed E-state index contributed by atoms with van der Waals surface area (Å²) in [5, 5.41) is 27.9. The molecule has 12 heteroatoms. The van der Waals surface area contributed by atoms with E-state index < -0.39 is 18.9 Å². The molecule has 0 aliphatic carbocycles. The molecule has 2 heterocycles. The summed E-state index contributed by atoms with van der Waals surface area (Å²) in [4.78, 5) is 38.7. The van der Waals surface area contributed by atoms with Crippen LogP contribution in [0.15, 0.2) is 72.4 Å². The first kappa shape index (κ1) is 36.6. The molecule has 11 nitrogen and oxygen atoms in total. The zero-order valence-corrected chi connectivity index (χ0v) is 28.8. The van der Waals surface area contributed by atoms with E-state index in [1.165, 1.54) is 30.6 Å². The van der Waals surface area contributed by atoms with E-state index in [1.54, 1.807) is 12.1 Å².